The van der Waals surface area contributed by atoms with Gasteiger partial charge in [-0.2, -0.15) is 4.31 Å². The molecule has 1 aliphatic heterocycles. The fourth-order valence-corrected chi connectivity index (χ4v) is 6.59. The predicted octanol–water partition coefficient (Wildman–Crippen LogP) is 4.42. The van der Waals surface area contributed by atoms with Crippen molar-refractivity contribution in [3.8, 4) is 0 Å². The first kappa shape index (κ1) is 25.5. The topological polar surface area (TPSA) is 86.8 Å². The van der Waals surface area contributed by atoms with Crippen LogP contribution in [-0.2, 0) is 25.5 Å². The minimum Gasteiger partial charge on any atom is -0.370 e. The van der Waals surface area contributed by atoms with Crippen molar-refractivity contribution in [2.45, 2.75) is 62.7 Å². The largest absolute Gasteiger partial charge is 0.370 e. The Bertz CT molecular complexity index is 1180. The third kappa shape index (κ3) is 5.53. The average Bonchev–Trinajstić information content (AvgIpc) is 3.28. The van der Waals surface area contributed by atoms with Crippen LogP contribution in [0.4, 0.5) is 11.4 Å². The van der Waals surface area contributed by atoms with Gasteiger partial charge in [-0.05, 0) is 54.2 Å². The zero-order chi connectivity index (χ0) is 24.4. The summed E-state index contributed by atoms with van der Waals surface area (Å²) in [7, 11) is -7.63. The Labute approximate surface area is 198 Å². The van der Waals surface area contributed by atoms with Gasteiger partial charge in [0, 0.05) is 26.2 Å². The van der Waals surface area contributed by atoms with E-state index >= 15 is 0 Å². The second-order valence-electron chi connectivity index (χ2n) is 9.34. The van der Waals surface area contributed by atoms with E-state index in [1.807, 2.05) is 12.1 Å². The van der Waals surface area contributed by atoms with Crippen LogP contribution in [0.25, 0.3) is 0 Å². The molecule has 0 atom stereocenters. The van der Waals surface area contributed by atoms with E-state index in [9.17, 15) is 16.8 Å². The van der Waals surface area contributed by atoms with Crippen LogP contribution < -0.4 is 9.62 Å². The summed E-state index contributed by atoms with van der Waals surface area (Å²) in [6.07, 6.45) is 2.03. The Morgan fingerprint density at radius 2 is 1.42 bits per heavy atom. The Kier molecular flexibility index (Phi) is 7.45. The highest BCUT2D eigenvalue weighted by Gasteiger charge is 2.26. The number of hydrogen-bond donors (Lipinski definition) is 1. The summed E-state index contributed by atoms with van der Waals surface area (Å²) in [6.45, 7) is 12.1. The van der Waals surface area contributed by atoms with Crippen molar-refractivity contribution in [3.63, 3.8) is 0 Å². The number of hydrogen-bond acceptors (Lipinski definition) is 5. The highest BCUT2D eigenvalue weighted by atomic mass is 32.2. The third-order valence-corrected chi connectivity index (χ3v) is 9.46. The fraction of sp³-hybridized carbons (Fsp3) is 0.500. The molecule has 0 bridgehead atoms. The molecule has 2 aromatic rings. The van der Waals surface area contributed by atoms with Gasteiger partial charge in [0.05, 0.1) is 21.2 Å². The summed E-state index contributed by atoms with van der Waals surface area (Å²) >= 11 is 0. The van der Waals surface area contributed by atoms with Crippen LogP contribution in [0.2, 0.25) is 0 Å². The van der Waals surface area contributed by atoms with Crippen LogP contribution in [-0.4, -0.2) is 47.3 Å². The standard InChI is InChI=1S/C24H35N3O4S2/c1-6-27(7-2)33(30,31)21-14-15-23(26-16-8-9-17-26)22(18-21)25-32(28,29)20-12-10-19(11-13-20)24(3,4)5/h10-15,18,25H,6-9,16-17H2,1-5H3. The van der Waals surface area contributed by atoms with Crippen LogP contribution in [0.1, 0.15) is 53.0 Å². The molecule has 33 heavy (non-hydrogen) atoms. The van der Waals surface area contributed by atoms with Crippen LogP contribution in [0.3, 0.4) is 0 Å². The maximum Gasteiger partial charge on any atom is 0.261 e. The molecular weight excluding hydrogens is 458 g/mol. The first-order valence-electron chi connectivity index (χ1n) is 11.4. The van der Waals surface area contributed by atoms with E-state index in [1.165, 1.54) is 10.4 Å². The van der Waals surface area contributed by atoms with Crippen LogP contribution >= 0.6 is 0 Å². The SMILES string of the molecule is CCN(CC)S(=O)(=O)c1ccc(N2CCCC2)c(NS(=O)(=O)c2ccc(C(C)(C)C)cc2)c1. The summed E-state index contributed by atoms with van der Waals surface area (Å²) in [4.78, 5) is 2.31. The molecule has 9 heteroatoms. The van der Waals surface area contributed by atoms with Gasteiger partial charge in [-0.3, -0.25) is 4.72 Å². The number of benzene rings is 2. The molecule has 0 aliphatic carbocycles. The second kappa shape index (κ2) is 9.64. The first-order valence-corrected chi connectivity index (χ1v) is 14.3. The lowest BCUT2D eigenvalue weighted by molar-refractivity contribution is 0.445. The van der Waals surface area contributed by atoms with Gasteiger partial charge in [0.25, 0.3) is 10.0 Å². The lowest BCUT2D eigenvalue weighted by Gasteiger charge is -2.24. The van der Waals surface area contributed by atoms with E-state index < -0.39 is 20.0 Å². The maximum absolute atomic E-state index is 13.2. The molecule has 182 valence electrons. The lowest BCUT2D eigenvalue weighted by atomic mass is 9.87. The average molecular weight is 494 g/mol. The van der Waals surface area contributed by atoms with Gasteiger partial charge in [-0.15, -0.1) is 0 Å². The molecule has 1 aliphatic rings. The molecule has 1 saturated heterocycles. The molecule has 0 amide bonds. The van der Waals surface area contributed by atoms with Gasteiger partial charge in [0.15, 0.2) is 0 Å². The molecule has 0 unspecified atom stereocenters. The Morgan fingerprint density at radius 3 is 1.94 bits per heavy atom. The quantitative estimate of drug-likeness (QED) is 0.588. The van der Waals surface area contributed by atoms with E-state index in [1.54, 1.807) is 38.1 Å². The van der Waals surface area contributed by atoms with Crippen LogP contribution in [0.5, 0.6) is 0 Å². The molecule has 0 radical (unpaired) electrons. The fourth-order valence-electron chi connectivity index (χ4n) is 4.04. The zero-order valence-corrected chi connectivity index (χ0v) is 21.8. The molecular formula is C24H35N3O4S2. The summed E-state index contributed by atoms with van der Waals surface area (Å²) in [5, 5.41) is 0. The molecule has 0 saturated carbocycles. The summed E-state index contributed by atoms with van der Waals surface area (Å²) < 4.78 is 56.7. The Hall–Kier alpha value is -2.10. The van der Waals surface area contributed by atoms with E-state index in [0.29, 0.717) is 18.8 Å². The van der Waals surface area contributed by atoms with Gasteiger partial charge in [-0.25, -0.2) is 16.8 Å². The van der Waals surface area contributed by atoms with E-state index in [2.05, 4.69) is 30.4 Å². The van der Waals surface area contributed by atoms with Crippen molar-refractivity contribution in [2.75, 3.05) is 35.8 Å². The summed E-state index contributed by atoms with van der Waals surface area (Å²) in [5.74, 6) is 0. The van der Waals surface area contributed by atoms with E-state index in [0.717, 1.165) is 31.5 Å². The number of anilines is 2. The van der Waals surface area contributed by atoms with Gasteiger partial charge in [-0.1, -0.05) is 46.8 Å². The minimum absolute atomic E-state index is 0.0786. The number of nitrogens with zero attached hydrogens (tertiary/aromatic N) is 2. The van der Waals surface area contributed by atoms with E-state index in [-0.39, 0.29) is 20.9 Å². The van der Waals surface area contributed by atoms with Gasteiger partial charge < -0.3 is 4.90 Å². The molecule has 3 rings (SSSR count). The number of rotatable bonds is 8. The van der Waals surface area contributed by atoms with Crippen LogP contribution in [0, 0.1) is 0 Å². The van der Waals surface area contributed by atoms with Crippen molar-refractivity contribution in [1.29, 1.82) is 0 Å². The molecule has 1 heterocycles. The third-order valence-electron chi connectivity index (χ3n) is 6.03. The maximum atomic E-state index is 13.2. The smallest absolute Gasteiger partial charge is 0.261 e. The number of nitrogens with one attached hydrogen (secondary N) is 1. The highest BCUT2D eigenvalue weighted by molar-refractivity contribution is 7.92. The zero-order valence-electron chi connectivity index (χ0n) is 20.1. The number of sulfonamides is 2. The summed E-state index contributed by atoms with van der Waals surface area (Å²) in [6, 6.07) is 11.5. The molecule has 1 fully saturated rings. The van der Waals surface area contributed by atoms with Gasteiger partial charge in [0.2, 0.25) is 10.0 Å². The van der Waals surface area contributed by atoms with Crippen LogP contribution in [0.15, 0.2) is 52.3 Å². The summed E-state index contributed by atoms with van der Waals surface area (Å²) in [5.41, 5.74) is 1.92. The van der Waals surface area contributed by atoms with Crippen molar-refractivity contribution in [3.05, 3.63) is 48.0 Å². The normalized spacial score (nSPS) is 15.3. The molecule has 7 nitrogen and oxygen atoms in total. The van der Waals surface area contributed by atoms with Crippen molar-refractivity contribution in [1.82, 2.24) is 4.31 Å². The van der Waals surface area contributed by atoms with E-state index in [4.69, 9.17) is 0 Å². The Morgan fingerprint density at radius 1 is 0.879 bits per heavy atom. The molecule has 1 N–H and O–H groups in total. The molecule has 2 aromatic carbocycles. The van der Waals surface area contributed by atoms with Gasteiger partial charge in [0.1, 0.15) is 0 Å². The Balaban J connectivity index is 2.03. The molecule has 0 spiro atoms. The lowest BCUT2D eigenvalue weighted by Crippen LogP contribution is -2.31. The molecule has 0 aromatic heterocycles. The van der Waals surface area contributed by atoms with Crippen molar-refractivity contribution >= 4 is 31.4 Å². The van der Waals surface area contributed by atoms with Gasteiger partial charge >= 0.3 is 0 Å². The first-order chi connectivity index (χ1) is 15.4. The monoisotopic (exact) mass is 493 g/mol. The van der Waals surface area contributed by atoms with Crippen molar-refractivity contribution < 1.29 is 16.8 Å². The van der Waals surface area contributed by atoms with Crippen molar-refractivity contribution in [2.24, 2.45) is 0 Å². The minimum atomic E-state index is -3.91. The second-order valence-corrected chi connectivity index (χ2v) is 13.0. The highest BCUT2D eigenvalue weighted by Crippen LogP contribution is 2.34. The predicted molar refractivity (Wildman–Crippen MR) is 134 cm³/mol.